The molecule has 4 rings (SSSR count). The van der Waals surface area contributed by atoms with Gasteiger partial charge in [-0.05, 0) is 48.9 Å². The maximum absolute atomic E-state index is 13.2. The molecule has 1 aromatic heterocycles. The SMILES string of the molecule is CCOC(=O)c1cc2c(s1)-c1ccccc1N(S(=O)(=O)c1ccc(F)cc1)C2. The van der Waals surface area contributed by atoms with E-state index in [2.05, 4.69) is 0 Å². The van der Waals surface area contributed by atoms with Crippen molar-refractivity contribution in [3.05, 3.63) is 70.9 Å². The number of anilines is 1. The van der Waals surface area contributed by atoms with Crippen LogP contribution in [0.15, 0.2) is 59.5 Å². The van der Waals surface area contributed by atoms with E-state index in [1.807, 2.05) is 12.1 Å². The summed E-state index contributed by atoms with van der Waals surface area (Å²) in [4.78, 5) is 13.4. The Balaban J connectivity index is 1.82. The summed E-state index contributed by atoms with van der Waals surface area (Å²) in [5.41, 5.74) is 1.99. The Hall–Kier alpha value is -2.71. The first kappa shape index (κ1) is 18.6. The summed E-state index contributed by atoms with van der Waals surface area (Å²) in [6, 6.07) is 13.6. The number of halogens is 1. The summed E-state index contributed by atoms with van der Waals surface area (Å²) in [7, 11) is -3.90. The molecule has 0 fully saturated rings. The Bertz CT molecular complexity index is 1150. The van der Waals surface area contributed by atoms with Gasteiger partial charge in [0.1, 0.15) is 10.7 Å². The number of fused-ring (bicyclic) bond motifs is 3. The van der Waals surface area contributed by atoms with Gasteiger partial charge in [-0.15, -0.1) is 11.3 Å². The summed E-state index contributed by atoms with van der Waals surface area (Å²) in [5.74, 6) is -0.926. The molecule has 5 nitrogen and oxygen atoms in total. The number of hydrogen-bond donors (Lipinski definition) is 0. The number of sulfonamides is 1. The highest BCUT2D eigenvalue weighted by Gasteiger charge is 2.33. The molecule has 0 amide bonds. The van der Waals surface area contributed by atoms with E-state index in [4.69, 9.17) is 4.74 Å². The van der Waals surface area contributed by atoms with Crippen molar-refractivity contribution >= 4 is 33.0 Å². The van der Waals surface area contributed by atoms with Gasteiger partial charge in [0.05, 0.1) is 23.7 Å². The van der Waals surface area contributed by atoms with Gasteiger partial charge in [0.2, 0.25) is 0 Å². The van der Waals surface area contributed by atoms with E-state index in [0.29, 0.717) is 10.6 Å². The molecule has 0 aliphatic carbocycles. The Kier molecular flexibility index (Phi) is 4.68. The highest BCUT2D eigenvalue weighted by atomic mass is 32.2. The molecule has 3 aromatic rings. The van der Waals surface area contributed by atoms with Crippen molar-refractivity contribution in [2.24, 2.45) is 0 Å². The molecule has 28 heavy (non-hydrogen) atoms. The zero-order valence-corrected chi connectivity index (χ0v) is 16.5. The van der Waals surface area contributed by atoms with Crippen LogP contribution in [0.1, 0.15) is 22.2 Å². The molecular formula is C20H16FNO4S2. The van der Waals surface area contributed by atoms with Crippen LogP contribution in [0, 0.1) is 5.82 Å². The minimum atomic E-state index is -3.90. The Labute approximate surface area is 166 Å². The van der Waals surface area contributed by atoms with Crippen molar-refractivity contribution in [1.82, 2.24) is 0 Å². The smallest absolute Gasteiger partial charge is 0.348 e. The number of ether oxygens (including phenoxy) is 1. The topological polar surface area (TPSA) is 63.7 Å². The van der Waals surface area contributed by atoms with Crippen LogP contribution in [0.3, 0.4) is 0 Å². The van der Waals surface area contributed by atoms with Gasteiger partial charge in [-0.25, -0.2) is 17.6 Å². The van der Waals surface area contributed by atoms with Gasteiger partial charge in [0, 0.05) is 10.4 Å². The molecule has 0 spiro atoms. The van der Waals surface area contributed by atoms with Gasteiger partial charge >= 0.3 is 5.97 Å². The van der Waals surface area contributed by atoms with Crippen molar-refractivity contribution in [2.45, 2.75) is 18.4 Å². The number of thiophene rings is 1. The van der Waals surface area contributed by atoms with E-state index in [9.17, 15) is 17.6 Å². The number of benzene rings is 2. The lowest BCUT2D eigenvalue weighted by atomic mass is 10.0. The molecular weight excluding hydrogens is 401 g/mol. The molecule has 0 bridgehead atoms. The number of hydrogen-bond acceptors (Lipinski definition) is 5. The lowest BCUT2D eigenvalue weighted by Gasteiger charge is -2.30. The minimum Gasteiger partial charge on any atom is -0.462 e. The minimum absolute atomic E-state index is 0.00741. The second-order valence-corrected chi connectivity index (χ2v) is 9.08. The number of para-hydroxylation sites is 1. The van der Waals surface area contributed by atoms with E-state index in [1.54, 1.807) is 25.1 Å². The fourth-order valence-electron chi connectivity index (χ4n) is 3.15. The molecule has 0 atom stereocenters. The lowest BCUT2D eigenvalue weighted by Crippen LogP contribution is -2.32. The third kappa shape index (κ3) is 3.08. The van der Waals surface area contributed by atoms with Crippen LogP contribution in [-0.2, 0) is 21.3 Å². The zero-order valence-electron chi connectivity index (χ0n) is 14.9. The molecule has 8 heteroatoms. The highest BCUT2D eigenvalue weighted by Crippen LogP contribution is 2.45. The third-order valence-corrected chi connectivity index (χ3v) is 7.38. The summed E-state index contributed by atoms with van der Waals surface area (Å²) in [5, 5.41) is 0. The van der Waals surface area contributed by atoms with E-state index in [-0.39, 0.29) is 18.0 Å². The molecule has 2 aromatic carbocycles. The van der Waals surface area contributed by atoms with Crippen molar-refractivity contribution in [3.63, 3.8) is 0 Å². The van der Waals surface area contributed by atoms with Gasteiger partial charge < -0.3 is 4.74 Å². The van der Waals surface area contributed by atoms with Crippen LogP contribution < -0.4 is 4.31 Å². The number of rotatable bonds is 4. The highest BCUT2D eigenvalue weighted by molar-refractivity contribution is 7.92. The predicted octanol–water partition coefficient (Wildman–Crippen LogP) is 4.44. The van der Waals surface area contributed by atoms with E-state index >= 15 is 0 Å². The van der Waals surface area contributed by atoms with Gasteiger partial charge in [0.25, 0.3) is 10.0 Å². The molecule has 0 unspecified atom stereocenters. The van der Waals surface area contributed by atoms with Crippen LogP contribution in [0.5, 0.6) is 0 Å². The number of nitrogens with zero attached hydrogens (tertiary/aromatic N) is 1. The van der Waals surface area contributed by atoms with Gasteiger partial charge in [-0.3, -0.25) is 4.31 Å². The molecule has 0 saturated carbocycles. The maximum Gasteiger partial charge on any atom is 0.348 e. The number of carbonyl (C=O) groups excluding carboxylic acids is 1. The lowest BCUT2D eigenvalue weighted by molar-refractivity contribution is 0.0532. The second-order valence-electron chi connectivity index (χ2n) is 6.17. The predicted molar refractivity (Wildman–Crippen MR) is 105 cm³/mol. The van der Waals surface area contributed by atoms with Crippen molar-refractivity contribution in [1.29, 1.82) is 0 Å². The summed E-state index contributed by atoms with van der Waals surface area (Å²) < 4.78 is 46.1. The first-order valence-corrected chi connectivity index (χ1v) is 10.8. The van der Waals surface area contributed by atoms with Gasteiger partial charge in [-0.1, -0.05) is 18.2 Å². The first-order valence-electron chi connectivity index (χ1n) is 8.59. The molecule has 1 aliphatic rings. The van der Waals surface area contributed by atoms with Crippen LogP contribution in [-0.4, -0.2) is 21.0 Å². The monoisotopic (exact) mass is 417 g/mol. The fraction of sp³-hybridized carbons (Fsp3) is 0.150. The van der Waals surface area contributed by atoms with Crippen LogP contribution in [0.4, 0.5) is 10.1 Å². The van der Waals surface area contributed by atoms with Gasteiger partial charge in [-0.2, -0.15) is 0 Å². The zero-order chi connectivity index (χ0) is 19.9. The molecule has 0 N–H and O–H groups in total. The van der Waals surface area contributed by atoms with Crippen LogP contribution in [0.2, 0.25) is 0 Å². The maximum atomic E-state index is 13.2. The Morgan fingerprint density at radius 2 is 1.89 bits per heavy atom. The number of carbonyl (C=O) groups is 1. The average Bonchev–Trinajstić information content (AvgIpc) is 3.12. The summed E-state index contributed by atoms with van der Waals surface area (Å²) >= 11 is 1.29. The molecule has 0 radical (unpaired) electrons. The molecule has 0 saturated heterocycles. The second kappa shape index (κ2) is 7.03. The first-order chi connectivity index (χ1) is 13.4. The van der Waals surface area contributed by atoms with E-state index in [0.717, 1.165) is 28.1 Å². The average molecular weight is 417 g/mol. The van der Waals surface area contributed by atoms with E-state index in [1.165, 1.54) is 27.8 Å². The Morgan fingerprint density at radius 3 is 2.61 bits per heavy atom. The number of esters is 1. The summed E-state index contributed by atoms with van der Waals surface area (Å²) in [6.45, 7) is 2.09. The van der Waals surface area contributed by atoms with Crippen molar-refractivity contribution in [3.8, 4) is 10.4 Å². The quantitative estimate of drug-likeness (QED) is 0.589. The molecule has 144 valence electrons. The fourth-order valence-corrected chi connectivity index (χ4v) is 5.71. The molecule has 2 heterocycles. The normalized spacial score (nSPS) is 13.0. The Morgan fingerprint density at radius 1 is 1.18 bits per heavy atom. The standard InChI is InChI=1S/C20H16FNO4S2/c1-2-26-20(23)18-11-13-12-22(17-6-4-3-5-16(17)19(13)27-18)28(24,25)15-9-7-14(21)8-10-15/h3-11H,2,12H2,1H3. The van der Waals surface area contributed by atoms with Crippen molar-refractivity contribution in [2.75, 3.05) is 10.9 Å². The summed E-state index contributed by atoms with van der Waals surface area (Å²) in [6.07, 6.45) is 0. The largest absolute Gasteiger partial charge is 0.462 e. The van der Waals surface area contributed by atoms with Crippen molar-refractivity contribution < 1.29 is 22.3 Å². The van der Waals surface area contributed by atoms with Gasteiger partial charge in [0.15, 0.2) is 0 Å². The van der Waals surface area contributed by atoms with E-state index < -0.39 is 21.8 Å². The van der Waals surface area contributed by atoms with Crippen LogP contribution >= 0.6 is 11.3 Å². The molecule has 1 aliphatic heterocycles. The van der Waals surface area contributed by atoms with Crippen LogP contribution in [0.25, 0.3) is 10.4 Å². The third-order valence-electron chi connectivity index (χ3n) is 4.42.